The quantitative estimate of drug-likeness (QED) is 0.584. The third kappa shape index (κ3) is 4.39. The molecule has 0 aromatic rings. The summed E-state index contributed by atoms with van der Waals surface area (Å²) >= 11 is 0. The molecule has 1 fully saturated rings. The molecule has 1 aliphatic rings. The summed E-state index contributed by atoms with van der Waals surface area (Å²) in [5, 5.41) is 0. The van der Waals surface area contributed by atoms with E-state index in [0.717, 1.165) is 39.1 Å². The van der Waals surface area contributed by atoms with E-state index >= 15 is 0 Å². The Morgan fingerprint density at radius 2 is 2.06 bits per heavy atom. The van der Waals surface area contributed by atoms with E-state index in [1.807, 2.05) is 6.92 Å². The van der Waals surface area contributed by atoms with Crippen molar-refractivity contribution in [3.8, 4) is 0 Å². The molecular formula is C12H25N3O. The maximum absolute atomic E-state index is 5.95. The molecule has 0 aliphatic carbocycles. The van der Waals surface area contributed by atoms with Crippen molar-refractivity contribution < 1.29 is 4.74 Å². The van der Waals surface area contributed by atoms with E-state index in [-0.39, 0.29) is 0 Å². The van der Waals surface area contributed by atoms with Gasteiger partial charge < -0.3 is 15.4 Å². The fraction of sp³-hybridized carbons (Fsp3) is 0.917. The number of rotatable bonds is 4. The van der Waals surface area contributed by atoms with Crippen LogP contribution in [0.2, 0.25) is 0 Å². The monoisotopic (exact) mass is 227 g/mol. The minimum absolute atomic E-state index is 0.416. The van der Waals surface area contributed by atoms with Gasteiger partial charge in [0, 0.05) is 26.2 Å². The maximum Gasteiger partial charge on any atom is 0.191 e. The summed E-state index contributed by atoms with van der Waals surface area (Å²) in [7, 11) is 0. The Labute approximate surface area is 98.9 Å². The van der Waals surface area contributed by atoms with Gasteiger partial charge in [0.1, 0.15) is 0 Å². The summed E-state index contributed by atoms with van der Waals surface area (Å²) in [6, 6.07) is 0. The molecule has 0 spiro atoms. The van der Waals surface area contributed by atoms with Crippen molar-refractivity contribution in [3.63, 3.8) is 0 Å². The average Bonchev–Trinajstić information content (AvgIpc) is 2.27. The molecule has 0 saturated carbocycles. The second-order valence-electron chi connectivity index (χ2n) is 4.73. The number of likely N-dealkylation sites (tertiary alicyclic amines) is 1. The molecule has 4 heteroatoms. The van der Waals surface area contributed by atoms with Gasteiger partial charge in [-0.15, -0.1) is 0 Å². The molecule has 0 aromatic carbocycles. The number of nitrogens with zero attached hydrogens (tertiary/aromatic N) is 2. The zero-order valence-corrected chi connectivity index (χ0v) is 10.8. The fourth-order valence-corrected chi connectivity index (χ4v) is 1.86. The Bertz CT molecular complexity index is 220. The molecule has 0 bridgehead atoms. The van der Waals surface area contributed by atoms with E-state index in [1.54, 1.807) is 0 Å². The van der Waals surface area contributed by atoms with Gasteiger partial charge in [0.05, 0.1) is 6.10 Å². The highest BCUT2D eigenvalue weighted by molar-refractivity contribution is 5.78. The highest BCUT2D eigenvalue weighted by Gasteiger charge is 2.20. The van der Waals surface area contributed by atoms with Crippen LogP contribution in [0.15, 0.2) is 4.99 Å². The van der Waals surface area contributed by atoms with Gasteiger partial charge in [0.25, 0.3) is 0 Å². The molecule has 0 aromatic heterocycles. The Morgan fingerprint density at radius 1 is 1.44 bits per heavy atom. The number of hydrogen-bond acceptors (Lipinski definition) is 2. The largest absolute Gasteiger partial charge is 0.378 e. The highest BCUT2D eigenvalue weighted by Crippen LogP contribution is 2.13. The molecule has 1 saturated heterocycles. The summed E-state index contributed by atoms with van der Waals surface area (Å²) in [5.74, 6) is 1.27. The third-order valence-electron chi connectivity index (χ3n) is 2.79. The minimum atomic E-state index is 0.416. The van der Waals surface area contributed by atoms with Crippen LogP contribution in [0.4, 0.5) is 0 Å². The standard InChI is InChI=1S/C12H25N3O/c1-4-16-11-5-7-15(8-6-11)12(13)14-9-10(2)3/h10-11H,4-9H2,1-3H3,(H2,13,14). The first-order valence-corrected chi connectivity index (χ1v) is 6.30. The number of hydrogen-bond donors (Lipinski definition) is 1. The Balaban J connectivity index is 2.32. The summed E-state index contributed by atoms with van der Waals surface area (Å²) in [4.78, 5) is 6.56. The first kappa shape index (κ1) is 13.3. The molecule has 0 amide bonds. The lowest BCUT2D eigenvalue weighted by atomic mass is 10.1. The van der Waals surface area contributed by atoms with E-state index < -0.39 is 0 Å². The van der Waals surface area contributed by atoms with E-state index in [9.17, 15) is 0 Å². The van der Waals surface area contributed by atoms with Crippen LogP contribution >= 0.6 is 0 Å². The lowest BCUT2D eigenvalue weighted by molar-refractivity contribution is 0.0267. The van der Waals surface area contributed by atoms with Crippen LogP contribution in [0, 0.1) is 5.92 Å². The number of nitrogens with two attached hydrogens (primary N) is 1. The molecule has 94 valence electrons. The molecule has 4 nitrogen and oxygen atoms in total. The van der Waals surface area contributed by atoms with Crippen molar-refractivity contribution in [1.82, 2.24) is 4.90 Å². The molecule has 2 N–H and O–H groups in total. The number of aliphatic imine (C=N–C) groups is 1. The zero-order valence-electron chi connectivity index (χ0n) is 10.8. The van der Waals surface area contributed by atoms with E-state index in [1.165, 1.54) is 0 Å². The molecular weight excluding hydrogens is 202 g/mol. The Morgan fingerprint density at radius 3 is 2.56 bits per heavy atom. The van der Waals surface area contributed by atoms with Crippen molar-refractivity contribution >= 4 is 5.96 Å². The smallest absolute Gasteiger partial charge is 0.191 e. The molecule has 1 heterocycles. The van der Waals surface area contributed by atoms with Crippen molar-refractivity contribution in [2.24, 2.45) is 16.6 Å². The Kier molecular flexibility index (Phi) is 5.60. The van der Waals surface area contributed by atoms with E-state index in [4.69, 9.17) is 10.5 Å². The third-order valence-corrected chi connectivity index (χ3v) is 2.79. The summed E-state index contributed by atoms with van der Waals surface area (Å²) in [6.45, 7) is 9.91. The van der Waals surface area contributed by atoms with Crippen LogP contribution in [0.5, 0.6) is 0 Å². The van der Waals surface area contributed by atoms with Crippen molar-refractivity contribution in [2.75, 3.05) is 26.2 Å². The molecule has 1 rings (SSSR count). The molecule has 16 heavy (non-hydrogen) atoms. The van der Waals surface area contributed by atoms with Crippen LogP contribution in [-0.4, -0.2) is 43.2 Å². The first-order chi connectivity index (χ1) is 7.63. The molecule has 0 radical (unpaired) electrons. The van der Waals surface area contributed by atoms with Gasteiger partial charge in [0.2, 0.25) is 0 Å². The molecule has 0 unspecified atom stereocenters. The fourth-order valence-electron chi connectivity index (χ4n) is 1.86. The first-order valence-electron chi connectivity index (χ1n) is 6.30. The van der Waals surface area contributed by atoms with Crippen molar-refractivity contribution in [1.29, 1.82) is 0 Å². The highest BCUT2D eigenvalue weighted by atomic mass is 16.5. The second-order valence-corrected chi connectivity index (χ2v) is 4.73. The van der Waals surface area contributed by atoms with Gasteiger partial charge in [-0.2, -0.15) is 0 Å². The topological polar surface area (TPSA) is 50.9 Å². The molecule has 1 aliphatic heterocycles. The van der Waals surface area contributed by atoms with Crippen LogP contribution in [0.25, 0.3) is 0 Å². The van der Waals surface area contributed by atoms with Crippen LogP contribution < -0.4 is 5.73 Å². The second kappa shape index (κ2) is 6.74. The van der Waals surface area contributed by atoms with Gasteiger partial charge >= 0.3 is 0 Å². The van der Waals surface area contributed by atoms with Gasteiger partial charge in [-0.25, -0.2) is 0 Å². The maximum atomic E-state index is 5.95. The van der Waals surface area contributed by atoms with Gasteiger partial charge in [-0.05, 0) is 25.7 Å². The van der Waals surface area contributed by atoms with Crippen LogP contribution in [0.1, 0.15) is 33.6 Å². The van der Waals surface area contributed by atoms with Crippen molar-refractivity contribution in [3.05, 3.63) is 0 Å². The summed E-state index contributed by atoms with van der Waals surface area (Å²) in [6.07, 6.45) is 2.54. The van der Waals surface area contributed by atoms with Gasteiger partial charge in [-0.3, -0.25) is 4.99 Å². The van der Waals surface area contributed by atoms with Crippen LogP contribution in [-0.2, 0) is 4.74 Å². The zero-order chi connectivity index (χ0) is 12.0. The van der Waals surface area contributed by atoms with Crippen LogP contribution in [0.3, 0.4) is 0 Å². The normalized spacial score (nSPS) is 19.5. The predicted octanol–water partition coefficient (Wildman–Crippen LogP) is 1.46. The minimum Gasteiger partial charge on any atom is -0.378 e. The SMILES string of the molecule is CCOC1CCN(C(N)=NCC(C)C)CC1. The predicted molar refractivity (Wildman–Crippen MR) is 67.5 cm³/mol. The number of guanidine groups is 1. The molecule has 0 atom stereocenters. The summed E-state index contributed by atoms with van der Waals surface area (Å²) in [5.41, 5.74) is 5.95. The van der Waals surface area contributed by atoms with Crippen molar-refractivity contribution in [2.45, 2.75) is 39.7 Å². The number of piperidine rings is 1. The lowest BCUT2D eigenvalue weighted by Crippen LogP contribution is -2.44. The average molecular weight is 227 g/mol. The number of ether oxygens (including phenoxy) is 1. The lowest BCUT2D eigenvalue weighted by Gasteiger charge is -2.32. The van der Waals surface area contributed by atoms with Gasteiger partial charge in [0.15, 0.2) is 5.96 Å². The Hall–Kier alpha value is -0.770. The van der Waals surface area contributed by atoms with Gasteiger partial charge in [-0.1, -0.05) is 13.8 Å². The van der Waals surface area contributed by atoms with E-state index in [0.29, 0.717) is 18.0 Å². The van der Waals surface area contributed by atoms with E-state index in [2.05, 4.69) is 23.7 Å². The summed E-state index contributed by atoms with van der Waals surface area (Å²) < 4.78 is 5.60.